The molecule has 0 amide bonds. The Bertz CT molecular complexity index is 346. The summed E-state index contributed by atoms with van der Waals surface area (Å²) < 4.78 is 6.03. The molecular weight excluding hydrogens is 240 g/mol. The zero-order chi connectivity index (χ0) is 10.2. The molecule has 1 aromatic rings. The van der Waals surface area contributed by atoms with Crippen molar-refractivity contribution in [2.45, 2.75) is 0 Å². The molecule has 0 heterocycles. The van der Waals surface area contributed by atoms with Gasteiger partial charge in [0.1, 0.15) is 6.61 Å². The van der Waals surface area contributed by atoms with Gasteiger partial charge in [-0.05, 0) is 12.1 Å². The first kappa shape index (κ1) is 11.0. The fourth-order valence-corrected chi connectivity index (χ4v) is 1.03. The Morgan fingerprint density at radius 2 is 2.07 bits per heavy atom. The van der Waals surface area contributed by atoms with E-state index in [-0.39, 0.29) is 0 Å². The lowest BCUT2D eigenvalue weighted by Gasteiger charge is -1.95. The van der Waals surface area contributed by atoms with Crippen LogP contribution in [0.3, 0.4) is 0 Å². The minimum absolute atomic E-state index is 0.430. The molecule has 72 valence electrons. The summed E-state index contributed by atoms with van der Waals surface area (Å²) >= 11 is 3.20. The third-order valence-corrected chi connectivity index (χ3v) is 1.67. The fraction of sp³-hybridized carbons (Fsp3) is 0.167. The molecule has 0 aromatic heterocycles. The Balaban J connectivity index is 2.31. The van der Waals surface area contributed by atoms with Crippen LogP contribution in [0.25, 0.3) is 0 Å². The smallest absolute Gasteiger partial charge is 0.108 e. The van der Waals surface area contributed by atoms with Crippen LogP contribution < -0.4 is 0 Å². The average Bonchev–Trinajstić information content (AvgIpc) is 2.18. The zero-order valence-corrected chi connectivity index (χ0v) is 9.38. The van der Waals surface area contributed by atoms with Crippen molar-refractivity contribution in [3.8, 4) is 11.8 Å². The molecule has 0 saturated carbocycles. The molecule has 0 aliphatic carbocycles. The molecule has 0 radical (unpaired) electrons. The highest BCUT2D eigenvalue weighted by Crippen LogP contribution is 1.99. The normalized spacial score (nSPS) is 8.93. The zero-order valence-electron chi connectivity index (χ0n) is 7.79. The molecule has 14 heavy (non-hydrogen) atoms. The second kappa shape index (κ2) is 6.42. The lowest BCUT2D eigenvalue weighted by molar-refractivity contribution is 0.198. The molecule has 1 rings (SSSR count). The van der Waals surface area contributed by atoms with Gasteiger partial charge in [0.15, 0.2) is 0 Å². The van der Waals surface area contributed by atoms with Crippen LogP contribution in [0.2, 0.25) is 0 Å². The third-order valence-electron chi connectivity index (χ3n) is 1.44. The van der Waals surface area contributed by atoms with Crippen molar-refractivity contribution in [3.05, 3.63) is 47.0 Å². The van der Waals surface area contributed by atoms with Gasteiger partial charge in [0.05, 0.1) is 6.61 Å². The van der Waals surface area contributed by atoms with Crippen LogP contribution in [-0.2, 0) is 4.74 Å². The van der Waals surface area contributed by atoms with E-state index < -0.39 is 0 Å². The van der Waals surface area contributed by atoms with Crippen LogP contribution in [0.1, 0.15) is 5.56 Å². The lowest BCUT2D eigenvalue weighted by atomic mass is 10.2. The predicted octanol–water partition coefficient (Wildman–Crippen LogP) is 2.96. The summed E-state index contributed by atoms with van der Waals surface area (Å²) in [6, 6.07) is 9.83. The van der Waals surface area contributed by atoms with Gasteiger partial charge in [-0.1, -0.05) is 52.5 Å². The molecule has 1 nitrogen and oxygen atoms in total. The highest BCUT2D eigenvalue weighted by molar-refractivity contribution is 9.11. The minimum Gasteiger partial charge on any atom is -0.364 e. The van der Waals surface area contributed by atoms with Gasteiger partial charge in [0, 0.05) is 10.0 Å². The molecule has 0 aliphatic rings. The standard InChI is InChI=1S/C12H11BrO/c1-11(13)10-14-9-5-8-12-6-3-2-4-7-12/h2-4,6-7H,1,9-10H2. The summed E-state index contributed by atoms with van der Waals surface area (Å²) in [6.45, 7) is 4.59. The second-order valence-corrected chi connectivity index (χ2v) is 3.80. The molecule has 1 aromatic carbocycles. The topological polar surface area (TPSA) is 9.23 Å². The van der Waals surface area contributed by atoms with Gasteiger partial charge in [-0.15, -0.1) is 0 Å². The summed E-state index contributed by atoms with van der Waals surface area (Å²) in [5.41, 5.74) is 1.01. The summed E-state index contributed by atoms with van der Waals surface area (Å²) in [6.07, 6.45) is 0. The summed E-state index contributed by atoms with van der Waals surface area (Å²) in [4.78, 5) is 0. The maximum atomic E-state index is 5.20. The molecule has 0 fully saturated rings. The number of rotatable bonds is 3. The average molecular weight is 251 g/mol. The molecule has 0 bridgehead atoms. The van der Waals surface area contributed by atoms with E-state index in [1.54, 1.807) is 0 Å². The van der Waals surface area contributed by atoms with E-state index >= 15 is 0 Å². The van der Waals surface area contributed by atoms with E-state index in [1.165, 1.54) is 0 Å². The first-order chi connectivity index (χ1) is 6.79. The van der Waals surface area contributed by atoms with E-state index in [0.29, 0.717) is 13.2 Å². The quantitative estimate of drug-likeness (QED) is 0.592. The molecule has 0 spiro atoms. The number of halogens is 1. The van der Waals surface area contributed by atoms with Crippen molar-refractivity contribution < 1.29 is 4.74 Å². The van der Waals surface area contributed by atoms with Crippen LogP contribution in [-0.4, -0.2) is 13.2 Å². The molecular formula is C12H11BrO. The van der Waals surface area contributed by atoms with Crippen LogP contribution in [0.15, 0.2) is 41.4 Å². The second-order valence-electron chi connectivity index (χ2n) is 2.68. The van der Waals surface area contributed by atoms with E-state index in [9.17, 15) is 0 Å². The third kappa shape index (κ3) is 4.86. The first-order valence-corrected chi connectivity index (χ1v) is 5.03. The van der Waals surface area contributed by atoms with Gasteiger partial charge in [0.25, 0.3) is 0 Å². The van der Waals surface area contributed by atoms with Gasteiger partial charge in [-0.2, -0.15) is 0 Å². The molecule has 0 saturated heterocycles. The maximum Gasteiger partial charge on any atom is 0.108 e. The van der Waals surface area contributed by atoms with Crippen molar-refractivity contribution in [3.63, 3.8) is 0 Å². The molecule has 0 aliphatic heterocycles. The predicted molar refractivity (Wildman–Crippen MR) is 62.2 cm³/mol. The fourth-order valence-electron chi connectivity index (χ4n) is 0.872. The Kier molecular flexibility index (Phi) is 5.06. The number of benzene rings is 1. The summed E-state index contributed by atoms with van der Waals surface area (Å²) in [5.74, 6) is 5.92. The Morgan fingerprint density at radius 1 is 1.36 bits per heavy atom. The van der Waals surface area contributed by atoms with Crippen molar-refractivity contribution >= 4 is 15.9 Å². The molecule has 0 unspecified atom stereocenters. The Morgan fingerprint density at radius 3 is 2.71 bits per heavy atom. The largest absolute Gasteiger partial charge is 0.364 e. The van der Waals surface area contributed by atoms with Crippen molar-refractivity contribution in [1.29, 1.82) is 0 Å². The van der Waals surface area contributed by atoms with Gasteiger partial charge in [-0.3, -0.25) is 0 Å². The SMILES string of the molecule is C=C(Br)COCC#Cc1ccccc1. The van der Waals surface area contributed by atoms with Gasteiger partial charge in [0.2, 0.25) is 0 Å². The highest BCUT2D eigenvalue weighted by Gasteiger charge is 1.85. The van der Waals surface area contributed by atoms with Gasteiger partial charge in [-0.25, -0.2) is 0 Å². The maximum absolute atomic E-state index is 5.20. The number of hydrogen-bond acceptors (Lipinski definition) is 1. The van der Waals surface area contributed by atoms with Crippen LogP contribution in [0.5, 0.6) is 0 Å². The van der Waals surface area contributed by atoms with Crippen molar-refractivity contribution in [2.75, 3.05) is 13.2 Å². The monoisotopic (exact) mass is 250 g/mol. The van der Waals surface area contributed by atoms with Gasteiger partial charge < -0.3 is 4.74 Å². The molecule has 0 atom stereocenters. The Labute approximate surface area is 92.9 Å². The van der Waals surface area contributed by atoms with Crippen LogP contribution in [0, 0.1) is 11.8 Å². The Hall–Kier alpha value is -1.04. The van der Waals surface area contributed by atoms with Crippen LogP contribution >= 0.6 is 15.9 Å². The summed E-state index contributed by atoms with van der Waals surface area (Å²) in [5, 5.41) is 0. The van der Waals surface area contributed by atoms with Gasteiger partial charge >= 0.3 is 0 Å². The highest BCUT2D eigenvalue weighted by atomic mass is 79.9. The van der Waals surface area contributed by atoms with E-state index in [1.807, 2.05) is 30.3 Å². The lowest BCUT2D eigenvalue weighted by Crippen LogP contribution is -1.92. The number of ether oxygens (including phenoxy) is 1. The molecule has 0 N–H and O–H groups in total. The van der Waals surface area contributed by atoms with Crippen molar-refractivity contribution in [2.24, 2.45) is 0 Å². The first-order valence-electron chi connectivity index (χ1n) is 4.24. The number of hydrogen-bond donors (Lipinski definition) is 0. The molecule has 2 heteroatoms. The van der Waals surface area contributed by atoms with E-state index in [4.69, 9.17) is 4.74 Å². The van der Waals surface area contributed by atoms with Crippen molar-refractivity contribution in [1.82, 2.24) is 0 Å². The van der Waals surface area contributed by atoms with E-state index in [0.717, 1.165) is 10.0 Å². The van der Waals surface area contributed by atoms with Crippen LogP contribution in [0.4, 0.5) is 0 Å². The minimum atomic E-state index is 0.430. The van der Waals surface area contributed by atoms with E-state index in [2.05, 4.69) is 34.3 Å². The summed E-state index contributed by atoms with van der Waals surface area (Å²) in [7, 11) is 0.